The number of hydrogen-bond donors (Lipinski definition) is 1. The quantitative estimate of drug-likeness (QED) is 0.570. The molecule has 1 atom stereocenters. The zero-order valence-corrected chi connectivity index (χ0v) is 15.9. The van der Waals surface area contributed by atoms with E-state index in [9.17, 15) is 4.79 Å². The molecule has 1 fully saturated rings. The Morgan fingerprint density at radius 1 is 1.24 bits per heavy atom. The van der Waals surface area contributed by atoms with E-state index < -0.39 is 0 Å². The highest BCUT2D eigenvalue weighted by atomic mass is 16.2. The van der Waals surface area contributed by atoms with Crippen LogP contribution in [0.5, 0.6) is 0 Å². The van der Waals surface area contributed by atoms with Crippen LogP contribution in [0.2, 0.25) is 0 Å². The van der Waals surface area contributed by atoms with Gasteiger partial charge in [-0.05, 0) is 12.5 Å². The fraction of sp³-hybridized carbons (Fsp3) is 0.250. The number of carbonyl (C=O) groups excluding carboxylic acids is 1. The summed E-state index contributed by atoms with van der Waals surface area (Å²) < 4.78 is 3.47. The van der Waals surface area contributed by atoms with Crippen molar-refractivity contribution in [2.24, 2.45) is 7.05 Å². The smallest absolute Gasteiger partial charge is 0.269 e. The number of anilines is 1. The van der Waals surface area contributed by atoms with E-state index in [1.54, 1.807) is 24.3 Å². The molecule has 146 valence electrons. The van der Waals surface area contributed by atoms with Crippen molar-refractivity contribution in [3.63, 3.8) is 0 Å². The van der Waals surface area contributed by atoms with Gasteiger partial charge in [-0.25, -0.2) is 4.98 Å². The van der Waals surface area contributed by atoms with E-state index in [2.05, 4.69) is 30.5 Å². The van der Waals surface area contributed by atoms with Crippen molar-refractivity contribution < 1.29 is 4.79 Å². The molecule has 0 saturated carbocycles. The molecule has 1 saturated heterocycles. The molecular weight excluding hydrogens is 368 g/mol. The van der Waals surface area contributed by atoms with Crippen LogP contribution >= 0.6 is 0 Å². The molecule has 4 aromatic rings. The van der Waals surface area contributed by atoms with Gasteiger partial charge >= 0.3 is 0 Å². The third-order valence-corrected chi connectivity index (χ3v) is 5.20. The topological polar surface area (TPSA) is 93.2 Å². The highest BCUT2D eigenvalue weighted by Crippen LogP contribution is 2.22. The van der Waals surface area contributed by atoms with Gasteiger partial charge in [0.15, 0.2) is 5.82 Å². The van der Waals surface area contributed by atoms with Crippen LogP contribution < -0.4 is 10.2 Å². The van der Waals surface area contributed by atoms with Crippen LogP contribution in [0.4, 0.5) is 5.82 Å². The molecule has 5 rings (SSSR count). The summed E-state index contributed by atoms with van der Waals surface area (Å²) in [7, 11) is 1.79. The molecule has 3 aromatic heterocycles. The van der Waals surface area contributed by atoms with Crippen molar-refractivity contribution in [3.8, 4) is 11.3 Å². The summed E-state index contributed by atoms with van der Waals surface area (Å²) in [6.45, 7) is 1.47. The Balaban J connectivity index is 1.30. The third kappa shape index (κ3) is 3.20. The average Bonchev–Trinajstić information content (AvgIpc) is 3.47. The minimum atomic E-state index is -0.123. The monoisotopic (exact) mass is 388 g/mol. The summed E-state index contributed by atoms with van der Waals surface area (Å²) in [6.07, 6.45) is 6.05. The van der Waals surface area contributed by atoms with E-state index in [0.717, 1.165) is 35.7 Å². The number of carbonyl (C=O) groups is 1. The molecule has 1 aromatic carbocycles. The molecule has 1 aliphatic rings. The number of nitrogens with zero attached hydrogens (tertiary/aromatic N) is 7. The number of hydrogen-bond acceptors (Lipinski definition) is 6. The predicted octanol–water partition coefficient (Wildman–Crippen LogP) is 1.53. The van der Waals surface area contributed by atoms with Gasteiger partial charge in [0.05, 0.1) is 5.69 Å². The van der Waals surface area contributed by atoms with Crippen LogP contribution in [0.1, 0.15) is 16.9 Å². The van der Waals surface area contributed by atoms with Gasteiger partial charge in [-0.3, -0.25) is 13.9 Å². The highest BCUT2D eigenvalue weighted by molar-refractivity contribution is 5.94. The molecule has 0 bridgehead atoms. The van der Waals surface area contributed by atoms with Crippen LogP contribution in [0.3, 0.4) is 0 Å². The highest BCUT2D eigenvalue weighted by Gasteiger charge is 2.28. The van der Waals surface area contributed by atoms with Gasteiger partial charge in [0.2, 0.25) is 5.65 Å². The Morgan fingerprint density at radius 3 is 2.97 bits per heavy atom. The lowest BCUT2D eigenvalue weighted by Crippen LogP contribution is -2.38. The molecule has 9 nitrogen and oxygen atoms in total. The molecule has 0 spiro atoms. The van der Waals surface area contributed by atoms with E-state index in [4.69, 9.17) is 0 Å². The first kappa shape index (κ1) is 17.4. The maximum Gasteiger partial charge on any atom is 0.269 e. The Labute approximate surface area is 167 Å². The summed E-state index contributed by atoms with van der Waals surface area (Å²) in [6, 6.07) is 11.7. The van der Waals surface area contributed by atoms with E-state index in [0.29, 0.717) is 12.2 Å². The number of aromatic nitrogens is 6. The molecule has 9 heteroatoms. The number of rotatable bonds is 4. The van der Waals surface area contributed by atoms with Gasteiger partial charge in [0.1, 0.15) is 12.0 Å². The van der Waals surface area contributed by atoms with Crippen molar-refractivity contribution in [3.05, 3.63) is 60.8 Å². The standard InChI is InChI=1S/C20H20N8O/c1-26-17(11-16(25-26)14-5-3-2-4-6-14)20(29)23-15-7-9-27(12-15)18-19-24-22-13-28(19)10-8-21-18/h2-6,8,10-11,13,15H,7,9,12H2,1H3,(H,23,29). The minimum absolute atomic E-state index is 0.0301. The second-order valence-corrected chi connectivity index (χ2v) is 7.12. The van der Waals surface area contributed by atoms with Gasteiger partial charge in [0.25, 0.3) is 5.91 Å². The summed E-state index contributed by atoms with van der Waals surface area (Å²) in [5, 5.41) is 15.7. The van der Waals surface area contributed by atoms with Gasteiger partial charge < -0.3 is 10.2 Å². The molecule has 1 unspecified atom stereocenters. The number of amides is 1. The van der Waals surface area contributed by atoms with Crippen molar-refractivity contribution in [1.29, 1.82) is 0 Å². The molecule has 1 N–H and O–H groups in total. The molecule has 0 radical (unpaired) electrons. The van der Waals surface area contributed by atoms with Gasteiger partial charge in [-0.1, -0.05) is 30.3 Å². The second-order valence-electron chi connectivity index (χ2n) is 7.12. The van der Waals surface area contributed by atoms with Crippen LogP contribution in [-0.2, 0) is 7.05 Å². The Hall–Kier alpha value is -3.75. The van der Waals surface area contributed by atoms with Gasteiger partial charge in [-0.2, -0.15) is 5.10 Å². The summed E-state index contributed by atoms with van der Waals surface area (Å²) in [4.78, 5) is 19.4. The van der Waals surface area contributed by atoms with Gasteiger partial charge in [-0.15, -0.1) is 10.2 Å². The maximum absolute atomic E-state index is 12.8. The van der Waals surface area contributed by atoms with Crippen molar-refractivity contribution >= 4 is 17.4 Å². The molecule has 4 heterocycles. The number of nitrogens with one attached hydrogen (secondary N) is 1. The van der Waals surface area contributed by atoms with E-state index >= 15 is 0 Å². The fourth-order valence-electron chi connectivity index (χ4n) is 3.73. The Morgan fingerprint density at radius 2 is 2.10 bits per heavy atom. The largest absolute Gasteiger partial charge is 0.351 e. The van der Waals surface area contributed by atoms with Crippen LogP contribution in [-0.4, -0.2) is 54.4 Å². The van der Waals surface area contributed by atoms with Crippen molar-refractivity contribution in [1.82, 2.24) is 34.7 Å². The van der Waals surface area contributed by atoms with Gasteiger partial charge in [0, 0.05) is 44.1 Å². The Kier molecular flexibility index (Phi) is 4.19. The van der Waals surface area contributed by atoms with Crippen LogP contribution in [0.15, 0.2) is 55.1 Å². The predicted molar refractivity (Wildman–Crippen MR) is 108 cm³/mol. The number of benzene rings is 1. The zero-order chi connectivity index (χ0) is 19.8. The van der Waals surface area contributed by atoms with E-state index in [-0.39, 0.29) is 11.9 Å². The number of fused-ring (bicyclic) bond motifs is 1. The zero-order valence-electron chi connectivity index (χ0n) is 15.9. The second kappa shape index (κ2) is 7.01. The van der Waals surface area contributed by atoms with Crippen molar-refractivity contribution in [2.75, 3.05) is 18.0 Å². The van der Waals surface area contributed by atoms with Crippen LogP contribution in [0, 0.1) is 0 Å². The van der Waals surface area contributed by atoms with E-state index in [1.165, 1.54) is 0 Å². The minimum Gasteiger partial charge on any atom is -0.351 e. The fourth-order valence-corrected chi connectivity index (χ4v) is 3.73. The first-order chi connectivity index (χ1) is 14.2. The van der Waals surface area contributed by atoms with Crippen LogP contribution in [0.25, 0.3) is 16.9 Å². The molecule has 1 amide bonds. The summed E-state index contributed by atoms with van der Waals surface area (Å²) in [5.74, 6) is 0.663. The third-order valence-electron chi connectivity index (χ3n) is 5.20. The Bertz CT molecular complexity index is 1170. The lowest BCUT2D eigenvalue weighted by Gasteiger charge is -2.18. The first-order valence-electron chi connectivity index (χ1n) is 9.48. The first-order valence-corrected chi connectivity index (χ1v) is 9.48. The van der Waals surface area contributed by atoms with Crippen molar-refractivity contribution in [2.45, 2.75) is 12.5 Å². The molecular formula is C20H20N8O. The van der Waals surface area contributed by atoms with E-state index in [1.807, 2.05) is 47.0 Å². The maximum atomic E-state index is 12.8. The lowest BCUT2D eigenvalue weighted by molar-refractivity contribution is 0.0931. The number of aryl methyl sites for hydroxylation is 1. The molecule has 1 aliphatic heterocycles. The normalized spacial score (nSPS) is 16.4. The molecule has 0 aliphatic carbocycles. The average molecular weight is 388 g/mol. The summed E-state index contributed by atoms with van der Waals surface area (Å²) in [5.41, 5.74) is 3.04. The SMILES string of the molecule is Cn1nc(-c2ccccc2)cc1C(=O)NC1CCN(c2nccn3cnnc23)C1. The summed E-state index contributed by atoms with van der Waals surface area (Å²) >= 11 is 0. The lowest BCUT2D eigenvalue weighted by atomic mass is 10.1. The molecule has 29 heavy (non-hydrogen) atoms.